The van der Waals surface area contributed by atoms with Crippen molar-refractivity contribution in [2.24, 2.45) is 0 Å². The molecule has 1 aliphatic rings. The first-order valence-electron chi connectivity index (χ1n) is 3.73. The van der Waals surface area contributed by atoms with E-state index in [1.807, 2.05) is 0 Å². The molecule has 1 aromatic rings. The first-order chi connectivity index (χ1) is 6.25. The Kier molecular flexibility index (Phi) is 2.11. The molecule has 0 aliphatic carbocycles. The maximum atomic E-state index is 10.3. The summed E-state index contributed by atoms with van der Waals surface area (Å²) in [6.07, 6.45) is 1.33. The van der Waals surface area contributed by atoms with Crippen LogP contribution in [0.2, 0.25) is 0 Å². The number of aromatic nitrogens is 1. The summed E-state index contributed by atoms with van der Waals surface area (Å²) in [5, 5.41) is 13.7. The highest BCUT2D eigenvalue weighted by Gasteiger charge is 2.21. The van der Waals surface area contributed by atoms with Gasteiger partial charge in [0.25, 0.3) is 5.19 Å². The van der Waals surface area contributed by atoms with Crippen LogP contribution in [0.15, 0.2) is 6.20 Å². The quantitative estimate of drug-likeness (QED) is 0.565. The average Bonchev–Trinajstić information content (AvgIpc) is 2.44. The number of nitrogens with one attached hydrogen (secondary N) is 1. The maximum Gasteiger partial charge on any atom is 0.347 e. The van der Waals surface area contributed by atoms with E-state index in [9.17, 15) is 10.1 Å². The molecule has 0 unspecified atom stereocenters. The standard InChI is InChI=1S/C6H7N3O3S/c10-9(11)5-3-8-6(13-5)12-4-1-7-2-4/h3-4,7H,1-2H2. The second kappa shape index (κ2) is 3.27. The van der Waals surface area contributed by atoms with Crippen molar-refractivity contribution in [2.75, 3.05) is 13.1 Å². The molecule has 0 radical (unpaired) electrons. The molecule has 0 bridgehead atoms. The van der Waals surface area contributed by atoms with Crippen molar-refractivity contribution in [1.82, 2.24) is 10.3 Å². The first-order valence-corrected chi connectivity index (χ1v) is 4.55. The molecule has 0 saturated carbocycles. The Morgan fingerprint density at radius 2 is 2.54 bits per heavy atom. The third-order valence-electron chi connectivity index (χ3n) is 1.66. The largest absolute Gasteiger partial charge is 0.464 e. The zero-order valence-electron chi connectivity index (χ0n) is 6.60. The minimum absolute atomic E-state index is 0.0160. The number of hydrogen-bond donors (Lipinski definition) is 1. The Labute approximate surface area is 77.7 Å². The van der Waals surface area contributed by atoms with Crippen LogP contribution in [0.25, 0.3) is 0 Å². The number of nitrogens with zero attached hydrogens (tertiary/aromatic N) is 2. The van der Waals surface area contributed by atoms with Crippen LogP contribution in [0.3, 0.4) is 0 Å². The Bertz CT molecular complexity index is 323. The van der Waals surface area contributed by atoms with Crippen molar-refractivity contribution in [1.29, 1.82) is 0 Å². The van der Waals surface area contributed by atoms with E-state index in [4.69, 9.17) is 4.74 Å². The predicted octanol–water partition coefficient (Wildman–Crippen LogP) is 0.402. The van der Waals surface area contributed by atoms with Gasteiger partial charge in [0.1, 0.15) is 12.3 Å². The molecule has 0 spiro atoms. The lowest BCUT2D eigenvalue weighted by molar-refractivity contribution is -0.380. The van der Waals surface area contributed by atoms with E-state index in [2.05, 4.69) is 10.3 Å². The third kappa shape index (κ3) is 1.76. The van der Waals surface area contributed by atoms with Gasteiger partial charge in [-0.15, -0.1) is 0 Å². The third-order valence-corrected chi connectivity index (χ3v) is 2.50. The number of ether oxygens (including phenoxy) is 1. The van der Waals surface area contributed by atoms with Gasteiger partial charge in [-0.3, -0.25) is 10.1 Å². The van der Waals surface area contributed by atoms with Crippen LogP contribution in [0, 0.1) is 10.1 Å². The van der Waals surface area contributed by atoms with E-state index in [-0.39, 0.29) is 11.1 Å². The lowest BCUT2D eigenvalue weighted by Crippen LogP contribution is -2.50. The smallest absolute Gasteiger partial charge is 0.347 e. The van der Waals surface area contributed by atoms with Crippen molar-refractivity contribution in [3.05, 3.63) is 16.3 Å². The minimum atomic E-state index is -0.469. The molecule has 1 fully saturated rings. The van der Waals surface area contributed by atoms with E-state index in [1.54, 1.807) is 0 Å². The summed E-state index contributed by atoms with van der Waals surface area (Å²) >= 11 is 0.958. The lowest BCUT2D eigenvalue weighted by Gasteiger charge is -2.26. The van der Waals surface area contributed by atoms with Crippen LogP contribution in [0.5, 0.6) is 5.19 Å². The Morgan fingerprint density at radius 1 is 1.77 bits per heavy atom. The minimum Gasteiger partial charge on any atom is -0.464 e. The van der Waals surface area contributed by atoms with Gasteiger partial charge < -0.3 is 10.1 Å². The summed E-state index contributed by atoms with van der Waals surface area (Å²) < 4.78 is 5.32. The fourth-order valence-corrected chi connectivity index (χ4v) is 1.53. The SMILES string of the molecule is O=[N+]([O-])c1cnc(OC2CNC2)s1. The topological polar surface area (TPSA) is 77.3 Å². The molecule has 2 heterocycles. The van der Waals surface area contributed by atoms with E-state index in [1.165, 1.54) is 6.20 Å². The van der Waals surface area contributed by atoms with Crippen molar-refractivity contribution in [3.63, 3.8) is 0 Å². The Morgan fingerprint density at radius 3 is 3.00 bits per heavy atom. The second-order valence-corrected chi connectivity index (χ2v) is 3.59. The van der Waals surface area contributed by atoms with E-state index < -0.39 is 4.92 Å². The van der Waals surface area contributed by atoms with Gasteiger partial charge in [0.15, 0.2) is 0 Å². The molecule has 13 heavy (non-hydrogen) atoms. The van der Waals surface area contributed by atoms with Gasteiger partial charge in [0.2, 0.25) is 0 Å². The van der Waals surface area contributed by atoms with E-state index in [0.29, 0.717) is 5.19 Å². The highest BCUT2D eigenvalue weighted by molar-refractivity contribution is 7.16. The van der Waals surface area contributed by atoms with Crippen LogP contribution < -0.4 is 10.1 Å². The van der Waals surface area contributed by atoms with Gasteiger partial charge in [-0.1, -0.05) is 0 Å². The van der Waals surface area contributed by atoms with Gasteiger partial charge in [-0.2, -0.15) is 0 Å². The zero-order valence-corrected chi connectivity index (χ0v) is 7.41. The number of hydrogen-bond acceptors (Lipinski definition) is 6. The fraction of sp³-hybridized carbons (Fsp3) is 0.500. The normalized spacial score (nSPS) is 16.6. The van der Waals surface area contributed by atoms with Gasteiger partial charge >= 0.3 is 5.00 Å². The maximum absolute atomic E-state index is 10.3. The predicted molar refractivity (Wildman–Crippen MR) is 46.1 cm³/mol. The molecule has 2 rings (SSSR count). The molecule has 1 N–H and O–H groups in total. The summed E-state index contributed by atoms with van der Waals surface area (Å²) in [6.45, 7) is 1.57. The van der Waals surface area contributed by atoms with Crippen molar-refractivity contribution >= 4 is 16.3 Å². The molecule has 6 nitrogen and oxygen atoms in total. The van der Waals surface area contributed by atoms with E-state index >= 15 is 0 Å². The van der Waals surface area contributed by atoms with Gasteiger partial charge in [-0.05, 0) is 11.3 Å². The van der Waals surface area contributed by atoms with E-state index in [0.717, 1.165) is 24.4 Å². The monoisotopic (exact) mass is 201 g/mol. The molecule has 1 aromatic heterocycles. The van der Waals surface area contributed by atoms with Crippen LogP contribution in [-0.4, -0.2) is 29.1 Å². The highest BCUT2D eigenvalue weighted by Crippen LogP contribution is 2.27. The van der Waals surface area contributed by atoms with Gasteiger partial charge in [0, 0.05) is 13.1 Å². The summed E-state index contributed by atoms with van der Waals surface area (Å²) in [7, 11) is 0. The van der Waals surface area contributed by atoms with Gasteiger partial charge in [0.05, 0.1) is 4.92 Å². The molecule has 0 atom stereocenters. The molecule has 7 heteroatoms. The summed E-state index contributed by atoms with van der Waals surface area (Å²) in [4.78, 5) is 13.6. The van der Waals surface area contributed by atoms with Crippen molar-refractivity contribution in [3.8, 4) is 5.19 Å². The van der Waals surface area contributed by atoms with Crippen LogP contribution in [0.4, 0.5) is 5.00 Å². The summed E-state index contributed by atoms with van der Waals surface area (Å²) in [5.74, 6) is 0. The number of thiazole rings is 1. The summed E-state index contributed by atoms with van der Waals surface area (Å²) in [5.41, 5.74) is 0. The number of nitro groups is 1. The van der Waals surface area contributed by atoms with Gasteiger partial charge in [-0.25, -0.2) is 4.98 Å². The summed E-state index contributed by atoms with van der Waals surface area (Å²) in [6, 6.07) is 0. The van der Waals surface area contributed by atoms with Crippen molar-refractivity contribution < 1.29 is 9.66 Å². The molecular weight excluding hydrogens is 194 g/mol. The Balaban J connectivity index is 2.00. The zero-order chi connectivity index (χ0) is 9.26. The lowest BCUT2D eigenvalue weighted by atomic mass is 10.2. The van der Waals surface area contributed by atoms with Crippen LogP contribution in [0.1, 0.15) is 0 Å². The highest BCUT2D eigenvalue weighted by atomic mass is 32.1. The molecule has 0 amide bonds. The van der Waals surface area contributed by atoms with Crippen LogP contribution in [-0.2, 0) is 0 Å². The first kappa shape index (κ1) is 8.39. The molecular formula is C6H7N3O3S. The average molecular weight is 201 g/mol. The Hall–Kier alpha value is -1.21. The van der Waals surface area contributed by atoms with Crippen LogP contribution >= 0.6 is 11.3 Å². The molecule has 70 valence electrons. The molecule has 1 saturated heterocycles. The molecule has 0 aromatic carbocycles. The second-order valence-electron chi connectivity index (χ2n) is 2.62. The van der Waals surface area contributed by atoms with Crippen molar-refractivity contribution in [2.45, 2.75) is 6.10 Å². The number of rotatable bonds is 3. The fourth-order valence-electron chi connectivity index (χ4n) is 0.877. The molecule has 1 aliphatic heterocycles.